The number of hydrogen-bond acceptors (Lipinski definition) is 4. The molecule has 0 aliphatic heterocycles. The van der Waals surface area contributed by atoms with E-state index >= 15 is 0 Å². The number of benzene rings is 1. The van der Waals surface area contributed by atoms with Gasteiger partial charge in [-0.1, -0.05) is 30.3 Å². The third kappa shape index (κ3) is 1.61. The Hall–Kier alpha value is -1.97. The number of hydrogen-bond donors (Lipinski definition) is 1. The van der Waals surface area contributed by atoms with Crippen molar-refractivity contribution in [2.24, 2.45) is 0 Å². The fourth-order valence-corrected chi connectivity index (χ4v) is 1.07. The molecular formula is C9H8N4. The van der Waals surface area contributed by atoms with Crippen LogP contribution < -0.4 is 5.73 Å². The molecule has 0 aliphatic rings. The Kier molecular flexibility index (Phi) is 1.88. The molecule has 2 N–H and O–H groups in total. The molecule has 13 heavy (non-hydrogen) atoms. The van der Waals surface area contributed by atoms with E-state index in [0.717, 1.165) is 11.3 Å². The maximum absolute atomic E-state index is 5.41. The van der Waals surface area contributed by atoms with Crippen molar-refractivity contribution in [2.45, 2.75) is 0 Å². The molecule has 2 rings (SSSR count). The molecule has 1 aromatic carbocycles. The zero-order chi connectivity index (χ0) is 9.10. The van der Waals surface area contributed by atoms with Gasteiger partial charge >= 0.3 is 0 Å². The standard InChI is InChI=1S/C9H8N4/c10-9-12-8(6-11-13-9)7-4-2-1-3-5-7/h1-6H,(H2,10,12,13). The molecule has 1 aromatic heterocycles. The van der Waals surface area contributed by atoms with Crippen molar-refractivity contribution < 1.29 is 0 Å². The number of nitrogens with two attached hydrogens (primary N) is 1. The summed E-state index contributed by atoms with van der Waals surface area (Å²) in [5.74, 6) is 0.196. The summed E-state index contributed by atoms with van der Waals surface area (Å²) in [5, 5.41) is 7.31. The predicted molar refractivity (Wildman–Crippen MR) is 49.7 cm³/mol. The summed E-state index contributed by atoms with van der Waals surface area (Å²) in [7, 11) is 0. The minimum atomic E-state index is 0.196. The van der Waals surface area contributed by atoms with E-state index in [1.165, 1.54) is 0 Å². The third-order valence-corrected chi connectivity index (χ3v) is 1.64. The normalized spacial score (nSPS) is 9.85. The molecule has 0 unspecified atom stereocenters. The first-order valence-corrected chi connectivity index (χ1v) is 3.87. The van der Waals surface area contributed by atoms with Crippen molar-refractivity contribution in [3.05, 3.63) is 36.5 Å². The lowest BCUT2D eigenvalue weighted by Crippen LogP contribution is -1.97. The van der Waals surface area contributed by atoms with Crippen LogP contribution in [0.3, 0.4) is 0 Å². The maximum atomic E-state index is 5.41. The average molecular weight is 172 g/mol. The summed E-state index contributed by atoms with van der Waals surface area (Å²) >= 11 is 0. The topological polar surface area (TPSA) is 64.7 Å². The van der Waals surface area contributed by atoms with Gasteiger partial charge in [0.15, 0.2) is 0 Å². The largest absolute Gasteiger partial charge is 0.366 e. The van der Waals surface area contributed by atoms with Gasteiger partial charge in [-0.05, 0) is 0 Å². The van der Waals surface area contributed by atoms with Crippen molar-refractivity contribution in [1.29, 1.82) is 0 Å². The van der Waals surface area contributed by atoms with Gasteiger partial charge in [0, 0.05) is 5.56 Å². The number of nitrogen functional groups attached to an aromatic ring is 1. The fraction of sp³-hybridized carbons (Fsp3) is 0. The van der Waals surface area contributed by atoms with Gasteiger partial charge in [0.25, 0.3) is 0 Å². The van der Waals surface area contributed by atoms with Crippen LogP contribution in [-0.2, 0) is 0 Å². The Morgan fingerprint density at radius 2 is 1.85 bits per heavy atom. The van der Waals surface area contributed by atoms with Crippen LogP contribution in [0.1, 0.15) is 0 Å². The molecule has 0 atom stereocenters. The Morgan fingerprint density at radius 1 is 1.08 bits per heavy atom. The van der Waals surface area contributed by atoms with Gasteiger partial charge in [0.1, 0.15) is 0 Å². The van der Waals surface area contributed by atoms with E-state index in [1.54, 1.807) is 6.20 Å². The first-order valence-electron chi connectivity index (χ1n) is 3.87. The van der Waals surface area contributed by atoms with Crippen LogP contribution >= 0.6 is 0 Å². The quantitative estimate of drug-likeness (QED) is 0.700. The highest BCUT2D eigenvalue weighted by atomic mass is 15.2. The number of rotatable bonds is 1. The molecule has 64 valence electrons. The van der Waals surface area contributed by atoms with E-state index in [1.807, 2.05) is 30.3 Å². The van der Waals surface area contributed by atoms with Crippen LogP contribution in [-0.4, -0.2) is 15.2 Å². The molecule has 0 bridgehead atoms. The number of anilines is 1. The minimum absolute atomic E-state index is 0.196. The molecule has 0 amide bonds. The smallest absolute Gasteiger partial charge is 0.240 e. The van der Waals surface area contributed by atoms with Crippen LogP contribution in [0.25, 0.3) is 11.3 Å². The van der Waals surface area contributed by atoms with Crippen LogP contribution in [0.4, 0.5) is 5.95 Å². The van der Waals surface area contributed by atoms with Crippen molar-refractivity contribution in [1.82, 2.24) is 15.2 Å². The molecule has 0 fully saturated rings. The summed E-state index contributed by atoms with van der Waals surface area (Å²) in [4.78, 5) is 4.05. The first-order chi connectivity index (χ1) is 6.36. The lowest BCUT2D eigenvalue weighted by atomic mass is 10.2. The zero-order valence-electron chi connectivity index (χ0n) is 6.88. The van der Waals surface area contributed by atoms with E-state index in [4.69, 9.17) is 5.73 Å². The van der Waals surface area contributed by atoms with E-state index in [0.29, 0.717) is 0 Å². The molecular weight excluding hydrogens is 164 g/mol. The van der Waals surface area contributed by atoms with Crippen molar-refractivity contribution in [3.8, 4) is 11.3 Å². The summed E-state index contributed by atoms with van der Waals surface area (Å²) in [5.41, 5.74) is 7.14. The predicted octanol–water partition coefficient (Wildman–Crippen LogP) is 1.12. The summed E-state index contributed by atoms with van der Waals surface area (Å²) in [6, 6.07) is 9.72. The molecule has 0 saturated heterocycles. The molecule has 4 nitrogen and oxygen atoms in total. The van der Waals surface area contributed by atoms with E-state index in [-0.39, 0.29) is 5.95 Å². The van der Waals surface area contributed by atoms with E-state index in [2.05, 4.69) is 15.2 Å². The minimum Gasteiger partial charge on any atom is -0.366 e. The molecule has 4 heteroatoms. The molecule has 2 aromatic rings. The molecule has 0 saturated carbocycles. The van der Waals surface area contributed by atoms with Gasteiger partial charge in [-0.15, -0.1) is 5.10 Å². The van der Waals surface area contributed by atoms with Crippen molar-refractivity contribution >= 4 is 5.95 Å². The lowest BCUT2D eigenvalue weighted by Gasteiger charge is -1.98. The molecule has 0 aliphatic carbocycles. The fourth-order valence-electron chi connectivity index (χ4n) is 1.07. The van der Waals surface area contributed by atoms with Crippen molar-refractivity contribution in [2.75, 3.05) is 5.73 Å². The first kappa shape index (κ1) is 7.67. The average Bonchev–Trinajstić information content (AvgIpc) is 2.19. The second-order valence-electron chi connectivity index (χ2n) is 2.57. The zero-order valence-corrected chi connectivity index (χ0v) is 6.88. The highest BCUT2D eigenvalue weighted by Gasteiger charge is 1.98. The lowest BCUT2D eigenvalue weighted by molar-refractivity contribution is 0.990. The van der Waals surface area contributed by atoms with Gasteiger partial charge < -0.3 is 5.73 Å². The van der Waals surface area contributed by atoms with Gasteiger partial charge in [-0.2, -0.15) is 5.10 Å². The number of nitrogens with zero attached hydrogens (tertiary/aromatic N) is 3. The third-order valence-electron chi connectivity index (χ3n) is 1.64. The maximum Gasteiger partial charge on any atom is 0.240 e. The highest BCUT2D eigenvalue weighted by molar-refractivity contribution is 5.58. The van der Waals surface area contributed by atoms with Crippen LogP contribution in [0, 0.1) is 0 Å². The van der Waals surface area contributed by atoms with E-state index < -0.39 is 0 Å². The van der Waals surface area contributed by atoms with Gasteiger partial charge in [-0.25, -0.2) is 4.98 Å². The Morgan fingerprint density at radius 3 is 2.54 bits per heavy atom. The summed E-state index contributed by atoms with van der Waals surface area (Å²) in [6.45, 7) is 0. The Labute approximate surface area is 75.5 Å². The Bertz CT molecular complexity index is 399. The summed E-state index contributed by atoms with van der Waals surface area (Å²) < 4.78 is 0. The number of aromatic nitrogens is 3. The second-order valence-corrected chi connectivity index (χ2v) is 2.57. The van der Waals surface area contributed by atoms with Crippen LogP contribution in [0.2, 0.25) is 0 Å². The SMILES string of the molecule is Nc1nncc(-c2ccccc2)n1. The monoisotopic (exact) mass is 172 g/mol. The second kappa shape index (κ2) is 3.18. The summed E-state index contributed by atoms with van der Waals surface area (Å²) in [6.07, 6.45) is 1.59. The van der Waals surface area contributed by atoms with Crippen LogP contribution in [0.5, 0.6) is 0 Å². The molecule has 1 heterocycles. The molecule has 0 spiro atoms. The van der Waals surface area contributed by atoms with Gasteiger partial charge in [0.2, 0.25) is 5.95 Å². The van der Waals surface area contributed by atoms with E-state index in [9.17, 15) is 0 Å². The van der Waals surface area contributed by atoms with Gasteiger partial charge in [0.05, 0.1) is 11.9 Å². The highest BCUT2D eigenvalue weighted by Crippen LogP contribution is 2.14. The molecule has 0 radical (unpaired) electrons. The van der Waals surface area contributed by atoms with Gasteiger partial charge in [-0.3, -0.25) is 0 Å². The Balaban J connectivity index is 2.48. The van der Waals surface area contributed by atoms with Crippen molar-refractivity contribution in [3.63, 3.8) is 0 Å². The van der Waals surface area contributed by atoms with Crippen LogP contribution in [0.15, 0.2) is 36.5 Å².